The van der Waals surface area contributed by atoms with Crippen LogP contribution in [0.2, 0.25) is 0 Å². The number of aromatic nitrogens is 2. The fourth-order valence-corrected chi connectivity index (χ4v) is 18.4. The summed E-state index contributed by atoms with van der Waals surface area (Å²) >= 11 is 0. The first-order valence-corrected chi connectivity index (χ1v) is 37.8. The van der Waals surface area contributed by atoms with Crippen LogP contribution in [0, 0.1) is 22.7 Å². The van der Waals surface area contributed by atoms with Gasteiger partial charge in [-0.3, -0.25) is 9.97 Å². The predicted molar refractivity (Wildman–Crippen MR) is 462 cm³/mol. The third-order valence-corrected chi connectivity index (χ3v) is 23.5. The van der Waals surface area contributed by atoms with Crippen LogP contribution in [-0.2, 0) is 0 Å². The van der Waals surface area contributed by atoms with E-state index in [4.69, 9.17) is 9.47 Å². The van der Waals surface area contributed by atoms with Gasteiger partial charge in [0.1, 0.15) is 23.0 Å². The standard InChI is InChI=1S/C58H32N2O.C48H26N2O/c59-33-42-22-24-52-51-23-21-37(32-54(51)61-53-12-4-10-47(42)57(52)53)45-25-26-46(50-9-2-1-8-49(45)50)44-30-40-19-17-38-28-43(29-39-18-20-41(31-44)56(40)55(38)39)34-13-15-35(16-14-34)48-11-3-6-36-7-5-27-60-58(36)48;49-26-33-15-19-44-48-39(33)8-3-9-43(48)42-16-14-28(25-45(42)51-44)37-17-18-38(41-7-2-1-6-40(37)41)36-23-31-12-10-29-21-35(34-5-4-20-50-27-34)22-30-11-13-32(24-36)47(31)46(29)30/h1-32H;1-25,27H. The number of para-hydroxylation sites is 1. The Balaban J connectivity index is 0.000000136. The summed E-state index contributed by atoms with van der Waals surface area (Å²) in [5, 5.41) is 44.4. The van der Waals surface area contributed by atoms with Crippen LogP contribution in [0.15, 0.2) is 352 Å². The molecule has 4 heterocycles. The minimum atomic E-state index is 0.656. The van der Waals surface area contributed by atoms with Gasteiger partial charge in [-0.05, 0) is 273 Å². The first-order valence-electron chi connectivity index (χ1n) is 37.8. The van der Waals surface area contributed by atoms with Crippen LogP contribution in [0.1, 0.15) is 11.1 Å². The molecule has 0 aliphatic carbocycles. The van der Waals surface area contributed by atoms with Crippen molar-refractivity contribution in [1.82, 2.24) is 9.97 Å². The molecule has 24 rings (SSSR count). The highest BCUT2D eigenvalue weighted by Gasteiger charge is 2.26. The topological polar surface area (TPSA) is 91.8 Å². The van der Waals surface area contributed by atoms with Crippen molar-refractivity contribution < 1.29 is 9.47 Å². The molecule has 0 spiro atoms. The fourth-order valence-electron chi connectivity index (χ4n) is 18.4. The highest BCUT2D eigenvalue weighted by Crippen LogP contribution is 2.53. The molecule has 6 nitrogen and oxygen atoms in total. The molecule has 2 aliphatic heterocycles. The number of pyridine rings is 2. The quantitative estimate of drug-likeness (QED) is 0.148. The number of ether oxygens (including phenoxy) is 2. The second-order valence-electron chi connectivity index (χ2n) is 29.6. The molecule has 0 bridgehead atoms. The minimum absolute atomic E-state index is 0.656. The number of nitrogens with zero attached hydrogens (tertiary/aromatic N) is 4. The summed E-state index contributed by atoms with van der Waals surface area (Å²) in [6.07, 6.45) is 5.62. The van der Waals surface area contributed by atoms with Crippen LogP contribution in [-0.4, -0.2) is 9.97 Å². The van der Waals surface area contributed by atoms with Crippen molar-refractivity contribution in [3.63, 3.8) is 0 Å². The van der Waals surface area contributed by atoms with Crippen LogP contribution in [0.5, 0.6) is 23.0 Å². The molecule has 0 N–H and O–H groups in total. The van der Waals surface area contributed by atoms with Gasteiger partial charge in [0.25, 0.3) is 0 Å². The highest BCUT2D eigenvalue weighted by molar-refractivity contribution is 6.27. The molecule has 0 unspecified atom stereocenters. The van der Waals surface area contributed by atoms with E-state index in [-0.39, 0.29) is 0 Å². The van der Waals surface area contributed by atoms with E-state index >= 15 is 0 Å². The zero-order valence-corrected chi connectivity index (χ0v) is 60.1. The maximum Gasteiger partial charge on any atom is 0.136 e. The molecule has 2 aliphatic rings. The number of nitriles is 2. The summed E-state index contributed by atoms with van der Waals surface area (Å²) in [6, 6.07) is 124. The fraction of sp³-hybridized carbons (Fsp3) is 0. The molecule has 22 aromatic rings. The van der Waals surface area contributed by atoms with E-state index < -0.39 is 0 Å². The third kappa shape index (κ3) is 9.76. The second kappa shape index (κ2) is 24.6. The van der Waals surface area contributed by atoms with Gasteiger partial charge in [-0.15, -0.1) is 0 Å². The molecule has 514 valence electrons. The number of hydrogen-bond donors (Lipinski definition) is 0. The minimum Gasteiger partial charge on any atom is -0.456 e. The lowest BCUT2D eigenvalue weighted by Gasteiger charge is -2.22. The molecular weight excluding hydrogens is 1360 g/mol. The summed E-state index contributed by atoms with van der Waals surface area (Å²) in [5.41, 5.74) is 23.0. The second-order valence-corrected chi connectivity index (χ2v) is 29.6. The molecule has 2 aromatic heterocycles. The van der Waals surface area contributed by atoms with E-state index in [1.165, 1.54) is 131 Å². The van der Waals surface area contributed by atoms with Gasteiger partial charge < -0.3 is 9.47 Å². The van der Waals surface area contributed by atoms with Crippen molar-refractivity contribution in [2.75, 3.05) is 0 Å². The van der Waals surface area contributed by atoms with Crippen LogP contribution < -0.4 is 9.47 Å². The lowest BCUT2D eigenvalue weighted by molar-refractivity contribution is 0.487. The Morgan fingerprint density at radius 2 is 0.589 bits per heavy atom. The van der Waals surface area contributed by atoms with Gasteiger partial charge in [-0.2, -0.15) is 10.5 Å². The molecule has 0 fully saturated rings. The van der Waals surface area contributed by atoms with Crippen molar-refractivity contribution in [3.8, 4) is 135 Å². The average molecular weight is 1420 g/mol. The summed E-state index contributed by atoms with van der Waals surface area (Å²) in [5.74, 6) is 3.21. The first-order chi connectivity index (χ1) is 55.4. The molecule has 0 amide bonds. The van der Waals surface area contributed by atoms with E-state index in [1.54, 1.807) is 0 Å². The van der Waals surface area contributed by atoms with Crippen LogP contribution in [0.25, 0.3) is 219 Å². The van der Waals surface area contributed by atoms with Gasteiger partial charge in [-0.1, -0.05) is 224 Å². The molecule has 0 atom stereocenters. The number of benzene rings is 20. The number of hydrogen-bond acceptors (Lipinski definition) is 6. The normalized spacial score (nSPS) is 12.1. The monoisotopic (exact) mass is 1420 g/mol. The van der Waals surface area contributed by atoms with Gasteiger partial charge in [0.15, 0.2) is 0 Å². The molecule has 0 saturated carbocycles. The van der Waals surface area contributed by atoms with Gasteiger partial charge in [-0.25, -0.2) is 0 Å². The highest BCUT2D eigenvalue weighted by atomic mass is 16.5. The van der Waals surface area contributed by atoms with E-state index in [2.05, 4.69) is 289 Å². The maximum atomic E-state index is 9.75. The zero-order chi connectivity index (χ0) is 73.8. The van der Waals surface area contributed by atoms with Gasteiger partial charge >= 0.3 is 0 Å². The van der Waals surface area contributed by atoms with E-state index in [1.807, 2.05) is 85.3 Å². The van der Waals surface area contributed by atoms with E-state index in [0.717, 1.165) is 111 Å². The van der Waals surface area contributed by atoms with Crippen molar-refractivity contribution in [2.45, 2.75) is 0 Å². The summed E-state index contributed by atoms with van der Waals surface area (Å²) in [4.78, 5) is 9.03. The van der Waals surface area contributed by atoms with Crippen molar-refractivity contribution >= 4 is 119 Å². The first kappa shape index (κ1) is 62.8. The van der Waals surface area contributed by atoms with E-state index in [9.17, 15) is 10.5 Å². The average Bonchev–Trinajstić information content (AvgIpc) is 0.729. The SMILES string of the molecule is N#Cc1ccc2c3c(cccc13)-c1ccc(-c3ccc(-c4cc5ccc6cc(-c7cccnc7)cc7ccc(c4)c5c67)c4ccccc34)cc1O2.N#Cc1ccc2c3c(cccc13)Oc1cc(-c3ccc(-c4cc5ccc6cc(-c7ccc(-c8cccc9cccnc89)cc7)cc7ccc(c4)c5c67)c4ccccc34)ccc1-2. The maximum absolute atomic E-state index is 9.75. The van der Waals surface area contributed by atoms with Gasteiger partial charge in [0, 0.05) is 67.8 Å². The molecule has 0 radical (unpaired) electrons. The largest absolute Gasteiger partial charge is 0.456 e. The molecular formula is C106H58N4O2. The Morgan fingerprint density at radius 1 is 0.214 bits per heavy atom. The van der Waals surface area contributed by atoms with Crippen molar-refractivity contribution in [2.24, 2.45) is 0 Å². The predicted octanol–water partition coefficient (Wildman–Crippen LogP) is 28.7. The lowest BCUT2D eigenvalue weighted by atomic mass is 9.87. The zero-order valence-electron chi connectivity index (χ0n) is 60.1. The summed E-state index contributed by atoms with van der Waals surface area (Å²) in [7, 11) is 0. The third-order valence-electron chi connectivity index (χ3n) is 23.5. The molecule has 0 saturated heterocycles. The lowest BCUT2D eigenvalue weighted by Crippen LogP contribution is -1.98. The molecule has 6 heteroatoms. The summed E-state index contributed by atoms with van der Waals surface area (Å²) in [6.45, 7) is 0. The van der Waals surface area contributed by atoms with Crippen molar-refractivity contribution in [3.05, 3.63) is 363 Å². The Labute approximate surface area is 643 Å². The van der Waals surface area contributed by atoms with E-state index in [0.29, 0.717) is 11.1 Å². The Kier molecular flexibility index (Phi) is 13.8. The summed E-state index contributed by atoms with van der Waals surface area (Å²) < 4.78 is 13.1. The van der Waals surface area contributed by atoms with Gasteiger partial charge in [0.05, 0.1) is 28.8 Å². The number of rotatable bonds is 7. The molecule has 112 heavy (non-hydrogen) atoms. The molecule has 20 aromatic carbocycles. The Bertz CT molecular complexity index is 7760. The Morgan fingerprint density at radius 3 is 1.08 bits per heavy atom. The van der Waals surface area contributed by atoms with Crippen LogP contribution in [0.4, 0.5) is 0 Å². The van der Waals surface area contributed by atoms with Gasteiger partial charge in [0.2, 0.25) is 0 Å². The number of fused-ring (bicyclic) bond motifs is 7. The van der Waals surface area contributed by atoms with Crippen LogP contribution in [0.3, 0.4) is 0 Å². The van der Waals surface area contributed by atoms with Crippen molar-refractivity contribution in [1.29, 1.82) is 10.5 Å². The van der Waals surface area contributed by atoms with Crippen LogP contribution >= 0.6 is 0 Å². The Hall–Kier alpha value is -15.3. The smallest absolute Gasteiger partial charge is 0.136 e.